The first kappa shape index (κ1) is 24.5. The lowest BCUT2D eigenvalue weighted by molar-refractivity contribution is -0.133. The van der Waals surface area contributed by atoms with Gasteiger partial charge in [0.15, 0.2) is 0 Å². The number of halogens is 2. The van der Waals surface area contributed by atoms with E-state index in [0.29, 0.717) is 27.3 Å². The average Bonchev–Trinajstić information content (AvgIpc) is 3.16. The number of amides is 3. The maximum absolute atomic E-state index is 13.2. The van der Waals surface area contributed by atoms with E-state index in [1.165, 1.54) is 4.68 Å². The van der Waals surface area contributed by atoms with E-state index >= 15 is 0 Å². The van der Waals surface area contributed by atoms with E-state index in [-0.39, 0.29) is 5.69 Å². The topological polar surface area (TPSA) is 92.2 Å². The summed E-state index contributed by atoms with van der Waals surface area (Å²) in [5, 5.41) is 6.59. The second-order valence-electron chi connectivity index (χ2n) is 8.18. The zero-order valence-electron chi connectivity index (χ0n) is 19.2. The van der Waals surface area contributed by atoms with Gasteiger partial charge in [-0.3, -0.25) is 19.8 Å². The van der Waals surface area contributed by atoms with Crippen LogP contribution in [0, 0.1) is 20.8 Å². The molecule has 0 aliphatic heterocycles. The number of carbonyl (C=O) groups is 3. The zero-order valence-corrected chi connectivity index (χ0v) is 21.5. The van der Waals surface area contributed by atoms with Crippen molar-refractivity contribution >= 4 is 67.5 Å². The molecule has 0 saturated carbocycles. The molecule has 4 aromatic rings. The summed E-state index contributed by atoms with van der Waals surface area (Å²) < 4.78 is 2.10. The molecule has 35 heavy (non-hydrogen) atoms. The van der Waals surface area contributed by atoms with E-state index in [1.54, 1.807) is 48.5 Å². The molecule has 178 valence electrons. The van der Waals surface area contributed by atoms with Gasteiger partial charge in [0, 0.05) is 26.3 Å². The fourth-order valence-corrected chi connectivity index (χ4v) is 4.06. The summed E-state index contributed by atoms with van der Waals surface area (Å²) in [6.45, 7) is 5.74. The monoisotopic (exact) mass is 552 g/mol. The molecule has 1 heterocycles. The number of hydrogen-bond donors (Lipinski definition) is 3. The standard InChI is InChI=1S/C26H22BrClN4O3/c1-14-4-7-19(10-16(14)3)30-25(34)26(35)31-32-22-9-6-18(27)11-17(22)12-23(32)24(33)29-20-8-5-15(2)21(28)13-20/h4-13H,1-3H3,(H,29,33)(H,30,34)(H,31,35). The van der Waals surface area contributed by atoms with Crippen LogP contribution in [0.1, 0.15) is 27.2 Å². The van der Waals surface area contributed by atoms with Gasteiger partial charge < -0.3 is 10.6 Å². The number of nitrogens with zero attached hydrogens (tertiary/aromatic N) is 1. The van der Waals surface area contributed by atoms with Crippen LogP contribution in [-0.2, 0) is 9.59 Å². The molecule has 0 saturated heterocycles. The predicted molar refractivity (Wildman–Crippen MR) is 143 cm³/mol. The summed E-state index contributed by atoms with van der Waals surface area (Å²) in [5.41, 5.74) is 7.18. The Kier molecular flexibility index (Phi) is 6.95. The van der Waals surface area contributed by atoms with Gasteiger partial charge in [-0.15, -0.1) is 0 Å². The molecule has 0 aliphatic carbocycles. The van der Waals surface area contributed by atoms with E-state index in [2.05, 4.69) is 32.0 Å². The lowest BCUT2D eigenvalue weighted by Crippen LogP contribution is -2.36. The minimum absolute atomic E-state index is 0.141. The Morgan fingerprint density at radius 3 is 2.14 bits per heavy atom. The number of benzene rings is 3. The van der Waals surface area contributed by atoms with Gasteiger partial charge in [0.25, 0.3) is 5.91 Å². The van der Waals surface area contributed by atoms with Gasteiger partial charge in [-0.05, 0) is 86.0 Å². The highest BCUT2D eigenvalue weighted by Gasteiger charge is 2.21. The molecule has 0 bridgehead atoms. The molecule has 0 unspecified atom stereocenters. The molecule has 0 aliphatic rings. The lowest BCUT2D eigenvalue weighted by Gasteiger charge is -2.13. The van der Waals surface area contributed by atoms with Gasteiger partial charge in [-0.1, -0.05) is 39.7 Å². The van der Waals surface area contributed by atoms with Gasteiger partial charge >= 0.3 is 11.8 Å². The highest BCUT2D eigenvalue weighted by atomic mass is 79.9. The minimum Gasteiger partial charge on any atom is -0.321 e. The first-order valence-electron chi connectivity index (χ1n) is 10.7. The van der Waals surface area contributed by atoms with Gasteiger partial charge in [-0.2, -0.15) is 0 Å². The third-order valence-electron chi connectivity index (χ3n) is 5.61. The fraction of sp³-hybridized carbons (Fsp3) is 0.115. The predicted octanol–water partition coefficient (Wildman–Crippen LogP) is 5.94. The quantitative estimate of drug-likeness (QED) is 0.273. The molecule has 3 amide bonds. The van der Waals surface area contributed by atoms with Crippen LogP contribution in [0.3, 0.4) is 0 Å². The number of fused-ring (bicyclic) bond motifs is 1. The molecule has 0 spiro atoms. The molecule has 7 nitrogen and oxygen atoms in total. The first-order valence-corrected chi connectivity index (χ1v) is 11.9. The Bertz CT molecular complexity index is 1500. The summed E-state index contributed by atoms with van der Waals surface area (Å²) in [5.74, 6) is -2.26. The van der Waals surface area contributed by atoms with Gasteiger partial charge in [0.2, 0.25) is 0 Å². The Hall–Kier alpha value is -3.62. The van der Waals surface area contributed by atoms with Crippen molar-refractivity contribution in [2.24, 2.45) is 0 Å². The number of aromatic nitrogens is 1. The molecule has 3 N–H and O–H groups in total. The minimum atomic E-state index is -0.920. The number of anilines is 2. The Labute approximate surface area is 215 Å². The van der Waals surface area contributed by atoms with Gasteiger partial charge in [0.05, 0.1) is 5.52 Å². The van der Waals surface area contributed by atoms with Crippen molar-refractivity contribution in [3.63, 3.8) is 0 Å². The normalized spacial score (nSPS) is 10.8. The first-order chi connectivity index (χ1) is 16.6. The molecule has 0 fully saturated rings. The molecule has 3 aromatic carbocycles. The third kappa shape index (κ3) is 5.39. The van der Waals surface area contributed by atoms with Crippen LogP contribution in [0.4, 0.5) is 11.4 Å². The highest BCUT2D eigenvalue weighted by Crippen LogP contribution is 2.25. The molecule has 4 rings (SSSR count). The Balaban J connectivity index is 1.62. The van der Waals surface area contributed by atoms with Crippen LogP contribution in [0.2, 0.25) is 5.02 Å². The number of rotatable bonds is 4. The van der Waals surface area contributed by atoms with Crippen molar-refractivity contribution in [2.75, 3.05) is 16.1 Å². The third-order valence-corrected chi connectivity index (χ3v) is 6.51. The summed E-state index contributed by atoms with van der Waals surface area (Å²) in [4.78, 5) is 38.6. The van der Waals surface area contributed by atoms with Crippen LogP contribution in [0.15, 0.2) is 65.1 Å². The van der Waals surface area contributed by atoms with Crippen molar-refractivity contribution in [1.29, 1.82) is 0 Å². The van der Waals surface area contributed by atoms with Crippen LogP contribution in [0.5, 0.6) is 0 Å². The molecular formula is C26H22BrClN4O3. The maximum Gasteiger partial charge on any atom is 0.328 e. The highest BCUT2D eigenvalue weighted by molar-refractivity contribution is 9.10. The second-order valence-corrected chi connectivity index (χ2v) is 9.50. The Morgan fingerprint density at radius 1 is 0.771 bits per heavy atom. The molecule has 0 radical (unpaired) electrons. The van der Waals surface area contributed by atoms with Gasteiger partial charge in [-0.25, -0.2) is 4.68 Å². The van der Waals surface area contributed by atoms with Crippen molar-refractivity contribution in [1.82, 2.24) is 4.68 Å². The van der Waals surface area contributed by atoms with E-state index in [0.717, 1.165) is 21.2 Å². The molecule has 0 atom stereocenters. The number of hydrogen-bond acceptors (Lipinski definition) is 3. The van der Waals surface area contributed by atoms with Crippen LogP contribution in [-0.4, -0.2) is 22.4 Å². The van der Waals surface area contributed by atoms with E-state index in [4.69, 9.17) is 11.6 Å². The number of carbonyl (C=O) groups excluding carboxylic acids is 3. The summed E-state index contributed by atoms with van der Waals surface area (Å²) >= 11 is 9.60. The van der Waals surface area contributed by atoms with E-state index in [1.807, 2.05) is 32.9 Å². The van der Waals surface area contributed by atoms with Gasteiger partial charge in [0.1, 0.15) is 5.69 Å². The van der Waals surface area contributed by atoms with Crippen LogP contribution >= 0.6 is 27.5 Å². The van der Waals surface area contributed by atoms with E-state index in [9.17, 15) is 14.4 Å². The molecule has 1 aromatic heterocycles. The smallest absolute Gasteiger partial charge is 0.321 e. The van der Waals surface area contributed by atoms with Crippen molar-refractivity contribution < 1.29 is 14.4 Å². The number of nitrogens with one attached hydrogen (secondary N) is 3. The Morgan fingerprint density at radius 2 is 1.46 bits per heavy atom. The van der Waals surface area contributed by atoms with Crippen molar-refractivity contribution in [3.05, 3.63) is 92.5 Å². The maximum atomic E-state index is 13.2. The van der Waals surface area contributed by atoms with Crippen molar-refractivity contribution in [3.8, 4) is 0 Å². The SMILES string of the molecule is Cc1ccc(NC(=O)C(=O)Nn2c(C(=O)Nc3ccc(C)c(Cl)c3)cc3cc(Br)ccc32)cc1C. The summed E-state index contributed by atoms with van der Waals surface area (Å²) in [7, 11) is 0. The molecular weight excluding hydrogens is 532 g/mol. The molecule has 9 heteroatoms. The van der Waals surface area contributed by atoms with Crippen molar-refractivity contribution in [2.45, 2.75) is 20.8 Å². The average molecular weight is 554 g/mol. The summed E-state index contributed by atoms with van der Waals surface area (Å²) in [6.07, 6.45) is 0. The van der Waals surface area contributed by atoms with Crippen LogP contribution < -0.4 is 16.1 Å². The second kappa shape index (κ2) is 9.93. The largest absolute Gasteiger partial charge is 0.328 e. The fourth-order valence-electron chi connectivity index (χ4n) is 3.50. The summed E-state index contributed by atoms with van der Waals surface area (Å²) in [6, 6.07) is 17.5. The van der Waals surface area contributed by atoms with E-state index < -0.39 is 17.7 Å². The zero-order chi connectivity index (χ0) is 25.3. The van der Waals surface area contributed by atoms with Crippen LogP contribution in [0.25, 0.3) is 10.9 Å². The number of aryl methyl sites for hydroxylation is 3. The lowest BCUT2D eigenvalue weighted by atomic mass is 10.1.